The van der Waals surface area contributed by atoms with Crippen molar-refractivity contribution in [2.24, 2.45) is 7.05 Å². The summed E-state index contributed by atoms with van der Waals surface area (Å²) in [5, 5.41) is 9.98. The van der Waals surface area contributed by atoms with Crippen molar-refractivity contribution in [3.05, 3.63) is 59.0 Å². The third-order valence-corrected chi connectivity index (χ3v) is 3.72. The molecule has 0 saturated carbocycles. The molecule has 1 aromatic carbocycles. The van der Waals surface area contributed by atoms with Crippen molar-refractivity contribution in [2.75, 3.05) is 0 Å². The molecule has 22 heavy (non-hydrogen) atoms. The first-order chi connectivity index (χ1) is 10.6. The molecule has 0 saturated heterocycles. The molecule has 0 spiro atoms. The number of carbonyl (C=O) groups is 1. The average molecular weight is 311 g/mol. The minimum atomic E-state index is -0.986. The smallest absolute Gasteiger partial charge is 0.187 e. The van der Waals surface area contributed by atoms with E-state index in [2.05, 4.69) is 9.97 Å². The van der Waals surface area contributed by atoms with Gasteiger partial charge in [0, 0.05) is 23.8 Å². The van der Waals surface area contributed by atoms with Crippen LogP contribution in [0.2, 0.25) is 5.02 Å². The molecule has 1 atom stereocenters. The van der Waals surface area contributed by atoms with E-state index in [0.717, 1.165) is 5.52 Å². The summed E-state index contributed by atoms with van der Waals surface area (Å²) in [5.74, 6) is -0.908. The van der Waals surface area contributed by atoms with Gasteiger partial charge in [0.1, 0.15) is 5.82 Å². The van der Waals surface area contributed by atoms with Crippen molar-refractivity contribution in [2.45, 2.75) is 5.92 Å². The molecule has 6 heteroatoms. The van der Waals surface area contributed by atoms with Crippen molar-refractivity contribution in [3.8, 4) is 6.07 Å². The zero-order valence-corrected chi connectivity index (χ0v) is 12.4. The van der Waals surface area contributed by atoms with E-state index in [1.54, 1.807) is 48.1 Å². The number of aryl methyl sites for hydroxylation is 1. The first-order valence-electron chi connectivity index (χ1n) is 6.58. The van der Waals surface area contributed by atoms with Gasteiger partial charge in [0.25, 0.3) is 0 Å². The number of pyridine rings is 1. The monoisotopic (exact) mass is 310 g/mol. The van der Waals surface area contributed by atoms with Gasteiger partial charge in [-0.25, -0.2) is 9.97 Å². The molecular formula is C16H11ClN4O. The number of nitriles is 1. The molecular weight excluding hydrogens is 300 g/mol. The summed E-state index contributed by atoms with van der Waals surface area (Å²) in [6, 6.07) is 12.1. The molecule has 0 amide bonds. The van der Waals surface area contributed by atoms with Gasteiger partial charge in [0.2, 0.25) is 0 Å². The van der Waals surface area contributed by atoms with Gasteiger partial charge in [-0.15, -0.1) is 0 Å². The normalized spacial score (nSPS) is 12.0. The number of fused-ring (bicyclic) bond motifs is 1. The molecule has 0 N–H and O–H groups in total. The van der Waals surface area contributed by atoms with Crippen LogP contribution >= 0.6 is 11.6 Å². The van der Waals surface area contributed by atoms with Crippen molar-refractivity contribution >= 4 is 28.5 Å². The van der Waals surface area contributed by atoms with Gasteiger partial charge in [0.15, 0.2) is 17.3 Å². The molecule has 2 aromatic heterocycles. The highest BCUT2D eigenvalue weighted by Crippen LogP contribution is 2.23. The number of hydrogen-bond acceptors (Lipinski definition) is 4. The van der Waals surface area contributed by atoms with Gasteiger partial charge in [0.05, 0.1) is 11.6 Å². The highest BCUT2D eigenvalue weighted by atomic mass is 35.5. The summed E-state index contributed by atoms with van der Waals surface area (Å²) in [4.78, 5) is 21.1. The average Bonchev–Trinajstić information content (AvgIpc) is 2.86. The van der Waals surface area contributed by atoms with Crippen LogP contribution in [0.3, 0.4) is 0 Å². The molecule has 1 unspecified atom stereocenters. The number of benzene rings is 1. The Morgan fingerprint density at radius 1 is 1.32 bits per heavy atom. The van der Waals surface area contributed by atoms with Gasteiger partial charge in [-0.3, -0.25) is 4.79 Å². The summed E-state index contributed by atoms with van der Waals surface area (Å²) >= 11 is 5.82. The van der Waals surface area contributed by atoms with Crippen LogP contribution in [0.4, 0.5) is 0 Å². The number of nitrogens with zero attached hydrogens (tertiary/aromatic N) is 4. The maximum absolute atomic E-state index is 12.6. The standard InChI is InChI=1S/C16H11ClN4O/c1-21-13-3-2-8-19-15(13)20-16(21)12(9-18)14(22)10-4-6-11(17)7-5-10/h2-8,12H,1H3. The van der Waals surface area contributed by atoms with Crippen LogP contribution in [-0.4, -0.2) is 20.3 Å². The summed E-state index contributed by atoms with van der Waals surface area (Å²) in [7, 11) is 1.77. The number of Topliss-reactive ketones (excluding diaryl/α,β-unsaturated/α-hetero) is 1. The Morgan fingerprint density at radius 3 is 2.68 bits per heavy atom. The van der Waals surface area contributed by atoms with Crippen LogP contribution in [-0.2, 0) is 7.05 Å². The van der Waals surface area contributed by atoms with Gasteiger partial charge in [-0.2, -0.15) is 5.26 Å². The van der Waals surface area contributed by atoms with Crippen LogP contribution in [0.5, 0.6) is 0 Å². The fourth-order valence-corrected chi connectivity index (χ4v) is 2.44. The molecule has 0 fully saturated rings. The van der Waals surface area contributed by atoms with Crippen LogP contribution in [0.1, 0.15) is 22.1 Å². The topological polar surface area (TPSA) is 71.6 Å². The second-order valence-corrected chi connectivity index (χ2v) is 5.24. The quantitative estimate of drug-likeness (QED) is 0.697. The second-order valence-electron chi connectivity index (χ2n) is 4.81. The number of hydrogen-bond donors (Lipinski definition) is 0. The molecule has 3 rings (SSSR count). The largest absolute Gasteiger partial charge is 0.328 e. The number of rotatable bonds is 3. The second kappa shape index (κ2) is 5.58. The van der Waals surface area contributed by atoms with E-state index in [0.29, 0.717) is 22.1 Å². The van der Waals surface area contributed by atoms with Gasteiger partial charge in [-0.05, 0) is 36.4 Å². The summed E-state index contributed by atoms with van der Waals surface area (Å²) < 4.78 is 1.73. The van der Waals surface area contributed by atoms with Crippen LogP contribution in [0, 0.1) is 11.3 Å². The van der Waals surface area contributed by atoms with E-state index >= 15 is 0 Å². The number of aromatic nitrogens is 3. The highest BCUT2D eigenvalue weighted by Gasteiger charge is 2.27. The zero-order valence-electron chi connectivity index (χ0n) is 11.7. The number of imidazole rings is 1. The fourth-order valence-electron chi connectivity index (χ4n) is 2.32. The van der Waals surface area contributed by atoms with Gasteiger partial charge < -0.3 is 4.57 Å². The molecule has 108 valence electrons. The molecule has 0 radical (unpaired) electrons. The number of ketones is 1. The van der Waals surface area contributed by atoms with E-state index in [1.165, 1.54) is 0 Å². The molecule has 5 nitrogen and oxygen atoms in total. The number of halogens is 1. The van der Waals surface area contributed by atoms with E-state index in [9.17, 15) is 10.1 Å². The van der Waals surface area contributed by atoms with Crippen molar-refractivity contribution < 1.29 is 4.79 Å². The van der Waals surface area contributed by atoms with Crippen LogP contribution in [0.25, 0.3) is 11.2 Å². The molecule has 2 heterocycles. The predicted molar refractivity (Wildman–Crippen MR) is 82.6 cm³/mol. The van der Waals surface area contributed by atoms with Crippen molar-refractivity contribution in [3.63, 3.8) is 0 Å². The predicted octanol–water partition coefficient (Wildman–Crippen LogP) is 3.11. The highest BCUT2D eigenvalue weighted by molar-refractivity contribution is 6.30. The Hall–Kier alpha value is -2.71. The Kier molecular flexibility index (Phi) is 3.61. The maximum atomic E-state index is 12.6. The maximum Gasteiger partial charge on any atom is 0.187 e. The molecule has 0 aliphatic rings. The third-order valence-electron chi connectivity index (χ3n) is 3.47. The van der Waals surface area contributed by atoms with E-state index in [1.807, 2.05) is 12.1 Å². The van der Waals surface area contributed by atoms with Crippen LogP contribution < -0.4 is 0 Å². The van der Waals surface area contributed by atoms with Crippen LogP contribution in [0.15, 0.2) is 42.6 Å². The third kappa shape index (κ3) is 2.34. The summed E-state index contributed by atoms with van der Waals surface area (Å²) in [6.45, 7) is 0. The Balaban J connectivity index is 2.06. The van der Waals surface area contributed by atoms with E-state index in [-0.39, 0.29) is 5.78 Å². The Bertz CT molecular complexity index is 893. The van der Waals surface area contributed by atoms with Crippen molar-refractivity contribution in [1.29, 1.82) is 5.26 Å². The van der Waals surface area contributed by atoms with Gasteiger partial charge >= 0.3 is 0 Å². The van der Waals surface area contributed by atoms with E-state index < -0.39 is 5.92 Å². The van der Waals surface area contributed by atoms with E-state index in [4.69, 9.17) is 11.6 Å². The van der Waals surface area contributed by atoms with Crippen molar-refractivity contribution in [1.82, 2.24) is 14.5 Å². The lowest BCUT2D eigenvalue weighted by molar-refractivity contribution is 0.0975. The Labute approximate surface area is 131 Å². The number of carbonyl (C=O) groups excluding carboxylic acids is 1. The SMILES string of the molecule is Cn1c(C(C#N)C(=O)c2ccc(Cl)cc2)nc2ncccc21. The van der Waals surface area contributed by atoms with Gasteiger partial charge in [-0.1, -0.05) is 11.6 Å². The summed E-state index contributed by atoms with van der Waals surface area (Å²) in [6.07, 6.45) is 1.63. The fraction of sp³-hybridized carbons (Fsp3) is 0.125. The first kappa shape index (κ1) is 14.2. The minimum absolute atomic E-state index is 0.308. The summed E-state index contributed by atoms with van der Waals surface area (Å²) in [5.41, 5.74) is 1.72. The molecule has 0 aliphatic carbocycles. The molecule has 0 aliphatic heterocycles. The lowest BCUT2D eigenvalue weighted by atomic mass is 9.98. The minimum Gasteiger partial charge on any atom is -0.328 e. The lowest BCUT2D eigenvalue weighted by Gasteiger charge is -2.08. The molecule has 0 bridgehead atoms. The zero-order chi connectivity index (χ0) is 15.7. The Morgan fingerprint density at radius 2 is 2.05 bits per heavy atom. The molecule has 3 aromatic rings. The lowest BCUT2D eigenvalue weighted by Crippen LogP contribution is -2.15. The first-order valence-corrected chi connectivity index (χ1v) is 6.96.